The first-order valence-electron chi connectivity index (χ1n) is 13.1. The minimum absolute atomic E-state index is 0.160. The molecule has 4 aromatic rings. The van der Waals surface area contributed by atoms with Crippen LogP contribution in [0.2, 0.25) is 0 Å². The minimum Gasteiger partial charge on any atom is -0.497 e. The number of sulfonamides is 1. The molecular formula is C29H33N5O4S2. The van der Waals surface area contributed by atoms with Crippen LogP contribution in [-0.4, -0.2) is 81.9 Å². The number of benzene rings is 3. The van der Waals surface area contributed by atoms with Crippen molar-refractivity contribution in [3.8, 4) is 5.75 Å². The molecular weight excluding hydrogens is 546 g/mol. The molecule has 1 saturated heterocycles. The maximum absolute atomic E-state index is 13.0. The highest BCUT2D eigenvalue weighted by Crippen LogP contribution is 2.31. The summed E-state index contributed by atoms with van der Waals surface area (Å²) < 4.78 is 33.7. The number of carbonyl (C=O) groups excluding carboxylic acids is 1. The number of thiazole rings is 1. The molecule has 0 radical (unpaired) electrons. The lowest BCUT2D eigenvalue weighted by Crippen LogP contribution is -2.48. The number of carbonyl (C=O) groups is 1. The van der Waals surface area contributed by atoms with Crippen LogP contribution in [0.1, 0.15) is 15.9 Å². The van der Waals surface area contributed by atoms with Crippen LogP contribution in [-0.2, 0) is 16.6 Å². The summed E-state index contributed by atoms with van der Waals surface area (Å²) in [6.45, 7) is 5.05. The Kier molecular flexibility index (Phi) is 8.65. The number of piperazine rings is 1. The standard InChI is InChI=1S/C29H33N5O4S2/c1-32(21-22-6-4-3-5-7-22)40(36,37)25-11-8-23(9-12-25)28(35)30-14-15-33-16-18-34(19-17-33)29-31-26-13-10-24(38-2)20-27(26)39-29/h3-13,20H,14-19,21H2,1-2H3,(H,30,35). The molecule has 0 unspecified atom stereocenters. The molecule has 0 atom stereocenters. The number of amides is 1. The van der Waals surface area contributed by atoms with E-state index in [2.05, 4.69) is 15.1 Å². The van der Waals surface area contributed by atoms with Crippen LogP contribution >= 0.6 is 11.3 Å². The Hall–Kier alpha value is -3.51. The number of methoxy groups -OCH3 is 1. The lowest BCUT2D eigenvalue weighted by molar-refractivity contribution is 0.0947. The van der Waals surface area contributed by atoms with Gasteiger partial charge in [-0.3, -0.25) is 9.69 Å². The fraction of sp³-hybridized carbons (Fsp3) is 0.310. The van der Waals surface area contributed by atoms with Crippen molar-refractivity contribution < 1.29 is 17.9 Å². The first-order valence-corrected chi connectivity index (χ1v) is 15.4. The molecule has 2 heterocycles. The minimum atomic E-state index is -3.67. The van der Waals surface area contributed by atoms with Crippen LogP contribution in [0.25, 0.3) is 10.2 Å². The van der Waals surface area contributed by atoms with Gasteiger partial charge in [0.2, 0.25) is 10.0 Å². The first kappa shape index (κ1) is 28.0. The van der Waals surface area contributed by atoms with Gasteiger partial charge in [-0.25, -0.2) is 13.4 Å². The van der Waals surface area contributed by atoms with Crippen LogP contribution in [0.3, 0.4) is 0 Å². The number of aromatic nitrogens is 1. The molecule has 1 aliphatic heterocycles. The Balaban J connectivity index is 1.08. The van der Waals surface area contributed by atoms with E-state index in [1.807, 2.05) is 48.5 Å². The monoisotopic (exact) mass is 579 g/mol. The van der Waals surface area contributed by atoms with Gasteiger partial charge < -0.3 is 15.0 Å². The van der Waals surface area contributed by atoms with E-state index in [1.54, 1.807) is 37.6 Å². The number of anilines is 1. The molecule has 1 aliphatic rings. The second-order valence-corrected chi connectivity index (χ2v) is 12.7. The number of hydrogen-bond donors (Lipinski definition) is 1. The molecule has 3 aromatic carbocycles. The fourth-order valence-electron chi connectivity index (χ4n) is 4.63. The SMILES string of the molecule is COc1ccc2nc(N3CCN(CCNC(=O)c4ccc(S(=O)(=O)N(C)Cc5ccccc5)cc4)CC3)sc2c1. The number of hydrogen-bond acceptors (Lipinski definition) is 8. The normalized spacial score (nSPS) is 14.5. The second-order valence-electron chi connectivity index (χ2n) is 9.69. The maximum atomic E-state index is 13.0. The second kappa shape index (κ2) is 12.3. The average Bonchev–Trinajstić information content (AvgIpc) is 3.41. The summed E-state index contributed by atoms with van der Waals surface area (Å²) in [5, 5.41) is 3.98. The van der Waals surface area contributed by atoms with Crippen LogP contribution in [0.15, 0.2) is 77.7 Å². The van der Waals surface area contributed by atoms with E-state index in [1.165, 1.54) is 16.4 Å². The molecule has 40 heavy (non-hydrogen) atoms. The van der Waals surface area contributed by atoms with Gasteiger partial charge in [-0.15, -0.1) is 0 Å². The average molecular weight is 580 g/mol. The Morgan fingerprint density at radius 3 is 2.45 bits per heavy atom. The highest BCUT2D eigenvalue weighted by atomic mass is 32.2. The molecule has 11 heteroatoms. The number of nitrogens with one attached hydrogen (secondary N) is 1. The van der Waals surface area contributed by atoms with E-state index in [0.717, 1.165) is 59.4 Å². The van der Waals surface area contributed by atoms with Crippen molar-refractivity contribution in [2.75, 3.05) is 58.3 Å². The van der Waals surface area contributed by atoms with Gasteiger partial charge in [0.15, 0.2) is 5.13 Å². The van der Waals surface area contributed by atoms with Crippen LogP contribution in [0.4, 0.5) is 5.13 Å². The van der Waals surface area contributed by atoms with Gasteiger partial charge in [0.25, 0.3) is 5.91 Å². The van der Waals surface area contributed by atoms with Gasteiger partial charge in [0.05, 0.1) is 22.2 Å². The van der Waals surface area contributed by atoms with E-state index < -0.39 is 10.0 Å². The highest BCUT2D eigenvalue weighted by Gasteiger charge is 2.22. The zero-order chi connectivity index (χ0) is 28.1. The quantitative estimate of drug-likeness (QED) is 0.306. The molecule has 9 nitrogen and oxygen atoms in total. The van der Waals surface area contributed by atoms with Gasteiger partial charge in [0, 0.05) is 58.4 Å². The van der Waals surface area contributed by atoms with Crippen LogP contribution in [0.5, 0.6) is 5.75 Å². The third-order valence-electron chi connectivity index (χ3n) is 7.01. The van der Waals surface area contributed by atoms with Crippen LogP contribution in [0, 0.1) is 0 Å². The van der Waals surface area contributed by atoms with E-state index in [9.17, 15) is 13.2 Å². The summed E-state index contributed by atoms with van der Waals surface area (Å²) in [6.07, 6.45) is 0. The Labute approximate surface area is 239 Å². The summed E-state index contributed by atoms with van der Waals surface area (Å²) in [4.78, 5) is 22.2. The largest absolute Gasteiger partial charge is 0.497 e. The molecule has 1 amide bonds. The highest BCUT2D eigenvalue weighted by molar-refractivity contribution is 7.89. The predicted molar refractivity (Wildman–Crippen MR) is 159 cm³/mol. The Morgan fingerprint density at radius 2 is 1.75 bits per heavy atom. The molecule has 0 aliphatic carbocycles. The van der Waals surface area contributed by atoms with Crippen LogP contribution < -0.4 is 15.0 Å². The van der Waals surface area contributed by atoms with E-state index >= 15 is 0 Å². The summed E-state index contributed by atoms with van der Waals surface area (Å²) >= 11 is 1.68. The Morgan fingerprint density at radius 1 is 1.02 bits per heavy atom. The molecule has 0 saturated carbocycles. The number of rotatable bonds is 10. The summed E-state index contributed by atoms with van der Waals surface area (Å²) in [7, 11) is -0.443. The molecule has 0 spiro atoms. The van der Waals surface area contributed by atoms with Crippen molar-refractivity contribution in [3.63, 3.8) is 0 Å². The van der Waals surface area contributed by atoms with Crippen molar-refractivity contribution in [3.05, 3.63) is 83.9 Å². The van der Waals surface area contributed by atoms with E-state index in [0.29, 0.717) is 12.1 Å². The van der Waals surface area contributed by atoms with Gasteiger partial charge in [0.1, 0.15) is 5.75 Å². The van der Waals surface area contributed by atoms with E-state index in [4.69, 9.17) is 9.72 Å². The Bertz CT molecular complexity index is 1550. The lowest BCUT2D eigenvalue weighted by Gasteiger charge is -2.34. The van der Waals surface area contributed by atoms with Gasteiger partial charge in [-0.1, -0.05) is 41.7 Å². The van der Waals surface area contributed by atoms with Gasteiger partial charge in [-0.2, -0.15) is 4.31 Å². The third kappa shape index (κ3) is 6.44. The lowest BCUT2D eigenvalue weighted by atomic mass is 10.2. The molecule has 1 aromatic heterocycles. The topological polar surface area (TPSA) is 95.1 Å². The third-order valence-corrected chi connectivity index (χ3v) is 9.91. The smallest absolute Gasteiger partial charge is 0.251 e. The maximum Gasteiger partial charge on any atom is 0.251 e. The molecule has 1 N–H and O–H groups in total. The van der Waals surface area contributed by atoms with Gasteiger partial charge in [-0.05, 0) is 48.0 Å². The molecule has 1 fully saturated rings. The zero-order valence-electron chi connectivity index (χ0n) is 22.6. The molecule has 5 rings (SSSR count). The zero-order valence-corrected chi connectivity index (χ0v) is 24.2. The number of fused-ring (bicyclic) bond motifs is 1. The predicted octanol–water partition coefficient (Wildman–Crippen LogP) is 3.68. The number of nitrogens with zero attached hydrogens (tertiary/aromatic N) is 4. The van der Waals surface area contributed by atoms with Crippen molar-refractivity contribution in [2.45, 2.75) is 11.4 Å². The summed E-state index contributed by atoms with van der Waals surface area (Å²) in [5.41, 5.74) is 2.32. The van der Waals surface area contributed by atoms with Crippen molar-refractivity contribution in [2.24, 2.45) is 0 Å². The van der Waals surface area contributed by atoms with Crippen molar-refractivity contribution >= 4 is 42.6 Å². The van der Waals surface area contributed by atoms with Crippen molar-refractivity contribution in [1.82, 2.24) is 19.5 Å². The summed E-state index contributed by atoms with van der Waals surface area (Å²) in [5.74, 6) is 0.618. The van der Waals surface area contributed by atoms with E-state index in [-0.39, 0.29) is 17.3 Å². The molecule has 210 valence electrons. The number of ether oxygens (including phenoxy) is 1. The van der Waals surface area contributed by atoms with Crippen molar-refractivity contribution in [1.29, 1.82) is 0 Å². The first-order chi connectivity index (χ1) is 19.3. The molecule has 0 bridgehead atoms. The fourth-order valence-corrected chi connectivity index (χ4v) is 6.84. The van der Waals surface area contributed by atoms with Gasteiger partial charge >= 0.3 is 0 Å². The summed E-state index contributed by atoms with van der Waals surface area (Å²) in [6, 6.07) is 21.5.